The zero-order chi connectivity index (χ0) is 16.6. The number of nitrogens with two attached hydrogens (primary N) is 1. The first kappa shape index (κ1) is 21.4. The van der Waals surface area contributed by atoms with Crippen molar-refractivity contribution < 1.29 is 9.59 Å². The van der Waals surface area contributed by atoms with Gasteiger partial charge in [-0.25, -0.2) is 0 Å². The van der Waals surface area contributed by atoms with Crippen LogP contribution in [0, 0.1) is 5.41 Å². The number of hydrogen-bond donors (Lipinski definition) is 3. The first-order valence-electron chi connectivity index (χ1n) is 7.92. The molecule has 2 amide bonds. The molecule has 1 aromatic carbocycles. The number of carbonyl (C=O) groups is 2. The maximum atomic E-state index is 12.5. The van der Waals surface area contributed by atoms with Crippen molar-refractivity contribution in [1.82, 2.24) is 0 Å². The molecule has 0 aromatic heterocycles. The van der Waals surface area contributed by atoms with Crippen LogP contribution in [-0.2, 0) is 9.59 Å². The van der Waals surface area contributed by atoms with Crippen LogP contribution in [0.1, 0.15) is 46.5 Å². The first-order valence-corrected chi connectivity index (χ1v) is 7.92. The molecule has 1 aromatic rings. The molecule has 0 saturated carbocycles. The summed E-state index contributed by atoms with van der Waals surface area (Å²) >= 11 is 0. The molecule has 0 radical (unpaired) electrons. The van der Waals surface area contributed by atoms with E-state index in [9.17, 15) is 9.59 Å². The van der Waals surface area contributed by atoms with Gasteiger partial charge in [-0.2, -0.15) is 0 Å². The Morgan fingerprint density at radius 3 is 2.13 bits per heavy atom. The largest absolute Gasteiger partial charge is 0.329 e. The lowest BCUT2D eigenvalue weighted by atomic mass is 9.81. The SMILES string of the molecule is CCCC(=O)Nc1cccc(NC(=O)C(CC)(CC)CN)c1.Cl. The van der Waals surface area contributed by atoms with E-state index in [4.69, 9.17) is 5.73 Å². The molecular formula is C17H28ClN3O2. The van der Waals surface area contributed by atoms with Gasteiger partial charge in [0.1, 0.15) is 0 Å². The van der Waals surface area contributed by atoms with Crippen molar-refractivity contribution in [1.29, 1.82) is 0 Å². The van der Waals surface area contributed by atoms with E-state index >= 15 is 0 Å². The first-order chi connectivity index (χ1) is 10.5. The molecule has 5 nitrogen and oxygen atoms in total. The zero-order valence-electron chi connectivity index (χ0n) is 14.1. The Labute approximate surface area is 144 Å². The minimum Gasteiger partial charge on any atom is -0.329 e. The van der Waals surface area contributed by atoms with Gasteiger partial charge in [-0.15, -0.1) is 12.4 Å². The highest BCUT2D eigenvalue weighted by Gasteiger charge is 2.33. The third-order valence-electron chi connectivity index (χ3n) is 4.11. The molecule has 0 aliphatic carbocycles. The van der Waals surface area contributed by atoms with Crippen molar-refractivity contribution in [2.75, 3.05) is 17.2 Å². The van der Waals surface area contributed by atoms with E-state index in [1.807, 2.05) is 20.8 Å². The van der Waals surface area contributed by atoms with Crippen LogP contribution in [-0.4, -0.2) is 18.4 Å². The summed E-state index contributed by atoms with van der Waals surface area (Å²) < 4.78 is 0. The van der Waals surface area contributed by atoms with Gasteiger partial charge in [0.2, 0.25) is 11.8 Å². The van der Waals surface area contributed by atoms with Gasteiger partial charge in [0.15, 0.2) is 0 Å². The Bertz CT molecular complexity index is 508. The molecule has 6 heteroatoms. The van der Waals surface area contributed by atoms with Gasteiger partial charge in [0.05, 0.1) is 5.41 Å². The molecule has 0 aliphatic rings. The smallest absolute Gasteiger partial charge is 0.231 e. The van der Waals surface area contributed by atoms with Gasteiger partial charge in [-0.1, -0.05) is 26.8 Å². The monoisotopic (exact) mass is 341 g/mol. The average molecular weight is 342 g/mol. The number of hydrogen-bond acceptors (Lipinski definition) is 3. The van der Waals surface area contributed by atoms with E-state index in [1.54, 1.807) is 24.3 Å². The van der Waals surface area contributed by atoms with Crippen molar-refractivity contribution >= 4 is 35.6 Å². The van der Waals surface area contributed by atoms with E-state index in [0.29, 0.717) is 37.2 Å². The minimum atomic E-state index is -0.540. The standard InChI is InChI=1S/C17H27N3O2.ClH/c1-4-8-15(21)19-13-9-7-10-14(11-13)20-16(22)17(5-2,6-3)12-18;/h7,9-11H,4-6,8,12,18H2,1-3H3,(H,19,21)(H,20,22);1H. The van der Waals surface area contributed by atoms with Gasteiger partial charge in [-0.05, 0) is 37.5 Å². The van der Waals surface area contributed by atoms with Crippen LogP contribution in [0.3, 0.4) is 0 Å². The highest BCUT2D eigenvalue weighted by Crippen LogP contribution is 2.27. The van der Waals surface area contributed by atoms with E-state index in [2.05, 4.69) is 10.6 Å². The topological polar surface area (TPSA) is 84.2 Å². The number of rotatable bonds is 8. The second-order valence-electron chi connectivity index (χ2n) is 5.52. The Morgan fingerprint density at radius 2 is 1.65 bits per heavy atom. The molecule has 0 aliphatic heterocycles. The van der Waals surface area contributed by atoms with Crippen LogP contribution < -0.4 is 16.4 Å². The fourth-order valence-electron chi connectivity index (χ4n) is 2.34. The normalized spacial score (nSPS) is 10.6. The molecule has 0 unspecified atom stereocenters. The number of carbonyl (C=O) groups excluding carboxylic acids is 2. The van der Waals surface area contributed by atoms with E-state index < -0.39 is 5.41 Å². The molecule has 1 rings (SSSR count). The van der Waals surface area contributed by atoms with Crippen molar-refractivity contribution in [3.8, 4) is 0 Å². The maximum Gasteiger partial charge on any atom is 0.231 e. The van der Waals surface area contributed by atoms with Crippen LogP contribution >= 0.6 is 12.4 Å². The van der Waals surface area contributed by atoms with Gasteiger partial charge in [0.25, 0.3) is 0 Å². The predicted octanol–water partition coefficient (Wildman–Crippen LogP) is 3.55. The quantitative estimate of drug-likeness (QED) is 0.676. The molecule has 23 heavy (non-hydrogen) atoms. The summed E-state index contributed by atoms with van der Waals surface area (Å²) in [6.45, 7) is 6.21. The summed E-state index contributed by atoms with van der Waals surface area (Å²) in [6.07, 6.45) is 2.67. The van der Waals surface area contributed by atoms with Crippen LogP contribution in [0.2, 0.25) is 0 Å². The fraction of sp³-hybridized carbons (Fsp3) is 0.529. The summed E-state index contributed by atoms with van der Waals surface area (Å²) in [5.74, 6) is -0.0959. The molecule has 130 valence electrons. The number of halogens is 1. The van der Waals surface area contributed by atoms with Crippen molar-refractivity contribution in [2.24, 2.45) is 11.1 Å². The van der Waals surface area contributed by atoms with E-state index in [1.165, 1.54) is 0 Å². The molecule has 0 spiro atoms. The van der Waals surface area contributed by atoms with Gasteiger partial charge in [0, 0.05) is 24.3 Å². The third-order valence-corrected chi connectivity index (χ3v) is 4.11. The number of nitrogens with one attached hydrogen (secondary N) is 2. The third kappa shape index (κ3) is 5.84. The Balaban J connectivity index is 0.00000484. The molecule has 0 fully saturated rings. The van der Waals surface area contributed by atoms with Gasteiger partial charge < -0.3 is 16.4 Å². The summed E-state index contributed by atoms with van der Waals surface area (Å²) in [5, 5.41) is 5.73. The second kappa shape index (κ2) is 10.2. The van der Waals surface area contributed by atoms with Crippen LogP contribution in [0.15, 0.2) is 24.3 Å². The lowest BCUT2D eigenvalue weighted by molar-refractivity contribution is -0.125. The van der Waals surface area contributed by atoms with Gasteiger partial charge >= 0.3 is 0 Å². The second-order valence-corrected chi connectivity index (χ2v) is 5.52. The van der Waals surface area contributed by atoms with Crippen molar-refractivity contribution in [2.45, 2.75) is 46.5 Å². The molecule has 0 atom stereocenters. The lowest BCUT2D eigenvalue weighted by Crippen LogP contribution is -2.41. The van der Waals surface area contributed by atoms with Gasteiger partial charge in [-0.3, -0.25) is 9.59 Å². The summed E-state index contributed by atoms with van der Waals surface area (Å²) in [5.41, 5.74) is 6.60. The summed E-state index contributed by atoms with van der Waals surface area (Å²) in [4.78, 5) is 24.1. The van der Waals surface area contributed by atoms with Crippen LogP contribution in [0.5, 0.6) is 0 Å². The Morgan fingerprint density at radius 1 is 1.09 bits per heavy atom. The fourth-order valence-corrected chi connectivity index (χ4v) is 2.34. The Kier molecular flexibility index (Phi) is 9.53. The van der Waals surface area contributed by atoms with Crippen molar-refractivity contribution in [3.05, 3.63) is 24.3 Å². The average Bonchev–Trinajstić information content (AvgIpc) is 2.50. The maximum absolute atomic E-state index is 12.5. The predicted molar refractivity (Wildman–Crippen MR) is 97.9 cm³/mol. The summed E-state index contributed by atoms with van der Waals surface area (Å²) in [7, 11) is 0. The number of anilines is 2. The number of benzene rings is 1. The highest BCUT2D eigenvalue weighted by molar-refractivity contribution is 5.97. The van der Waals surface area contributed by atoms with E-state index in [-0.39, 0.29) is 24.2 Å². The molecule has 0 saturated heterocycles. The van der Waals surface area contributed by atoms with Crippen LogP contribution in [0.25, 0.3) is 0 Å². The molecule has 0 heterocycles. The van der Waals surface area contributed by atoms with Crippen LogP contribution in [0.4, 0.5) is 11.4 Å². The van der Waals surface area contributed by atoms with Crippen molar-refractivity contribution in [3.63, 3.8) is 0 Å². The highest BCUT2D eigenvalue weighted by atomic mass is 35.5. The molecule has 0 bridgehead atoms. The zero-order valence-corrected chi connectivity index (χ0v) is 15.0. The Hall–Kier alpha value is -1.59. The molecular weight excluding hydrogens is 314 g/mol. The molecule has 4 N–H and O–H groups in total. The lowest BCUT2D eigenvalue weighted by Gasteiger charge is -2.28. The van der Waals surface area contributed by atoms with E-state index in [0.717, 1.165) is 6.42 Å². The number of amides is 2. The summed E-state index contributed by atoms with van der Waals surface area (Å²) in [6, 6.07) is 7.18. The minimum absolute atomic E-state index is 0.